The van der Waals surface area contributed by atoms with E-state index < -0.39 is 0 Å². The van der Waals surface area contributed by atoms with E-state index in [-0.39, 0.29) is 5.97 Å². The molecule has 0 radical (unpaired) electrons. The highest BCUT2D eigenvalue weighted by molar-refractivity contribution is 5.71. The van der Waals surface area contributed by atoms with Crippen molar-refractivity contribution in [3.63, 3.8) is 0 Å². The Morgan fingerprint density at radius 3 is 2.60 bits per heavy atom. The lowest BCUT2D eigenvalue weighted by atomic mass is 10.4. The number of esters is 1. The van der Waals surface area contributed by atoms with Crippen LogP contribution >= 0.6 is 0 Å². The second-order valence-corrected chi connectivity index (χ2v) is 1.73. The first-order chi connectivity index (χ1) is 4.81. The van der Waals surface area contributed by atoms with E-state index in [2.05, 4.69) is 4.74 Å². The Balaban J connectivity index is 3.44. The fourth-order valence-electron chi connectivity index (χ4n) is 0.406. The van der Waals surface area contributed by atoms with Crippen molar-refractivity contribution in [1.29, 1.82) is 0 Å². The van der Waals surface area contributed by atoms with Gasteiger partial charge in [0.05, 0.1) is 12.7 Å². The molecule has 0 heterocycles. The normalized spacial score (nSPS) is 11.0. The van der Waals surface area contributed by atoms with Gasteiger partial charge in [-0.3, -0.25) is 4.79 Å². The third kappa shape index (κ3) is 5.09. The largest absolute Gasteiger partial charge is 0.435 e. The molecule has 0 fully saturated rings. The molecule has 0 spiro atoms. The Kier molecular flexibility index (Phi) is 5.44. The van der Waals surface area contributed by atoms with Gasteiger partial charge >= 0.3 is 5.97 Å². The summed E-state index contributed by atoms with van der Waals surface area (Å²) in [6.45, 7) is 3.66. The Labute approximate surface area is 61.2 Å². The summed E-state index contributed by atoms with van der Waals surface area (Å²) in [6, 6.07) is 0. The van der Waals surface area contributed by atoms with E-state index in [1.807, 2.05) is 13.0 Å². The van der Waals surface area contributed by atoms with E-state index in [1.54, 1.807) is 19.1 Å². The third-order valence-electron chi connectivity index (χ3n) is 0.856. The predicted molar refractivity (Wildman–Crippen MR) is 40.3 cm³/mol. The van der Waals surface area contributed by atoms with E-state index >= 15 is 0 Å². The van der Waals surface area contributed by atoms with Crippen LogP contribution in [0.2, 0.25) is 0 Å². The smallest absolute Gasteiger partial charge is 0.314 e. The summed E-state index contributed by atoms with van der Waals surface area (Å²) in [5, 5.41) is 0. The lowest BCUT2D eigenvalue weighted by molar-refractivity contribution is -0.137. The zero-order valence-corrected chi connectivity index (χ0v) is 6.33. The van der Waals surface area contributed by atoms with Crippen molar-refractivity contribution in [2.75, 3.05) is 0 Å². The fourth-order valence-corrected chi connectivity index (χ4v) is 0.406. The molecule has 0 aliphatic rings. The summed E-state index contributed by atoms with van der Waals surface area (Å²) >= 11 is 0. The summed E-state index contributed by atoms with van der Waals surface area (Å²) in [6.07, 6.45) is 6.98. The van der Waals surface area contributed by atoms with Gasteiger partial charge in [0.15, 0.2) is 0 Å². The Hall–Kier alpha value is -1.05. The topological polar surface area (TPSA) is 26.3 Å². The van der Waals surface area contributed by atoms with Crippen LogP contribution in [-0.2, 0) is 9.53 Å². The summed E-state index contributed by atoms with van der Waals surface area (Å²) < 4.78 is 4.62. The van der Waals surface area contributed by atoms with Gasteiger partial charge in [0.1, 0.15) is 0 Å². The first-order valence-electron chi connectivity index (χ1n) is 3.23. The SMILES string of the molecule is CC=CCC(=O)OC=CC. The van der Waals surface area contributed by atoms with Crippen molar-refractivity contribution in [3.8, 4) is 0 Å². The van der Waals surface area contributed by atoms with Crippen LogP contribution in [0.1, 0.15) is 20.3 Å². The van der Waals surface area contributed by atoms with Crippen molar-refractivity contribution in [2.45, 2.75) is 20.3 Å². The number of ether oxygens (including phenoxy) is 1. The minimum Gasteiger partial charge on any atom is -0.435 e. The van der Waals surface area contributed by atoms with Gasteiger partial charge in [-0.15, -0.1) is 0 Å². The molecule has 2 nitrogen and oxygen atoms in total. The van der Waals surface area contributed by atoms with Crippen molar-refractivity contribution in [2.24, 2.45) is 0 Å². The van der Waals surface area contributed by atoms with Gasteiger partial charge in [-0.25, -0.2) is 0 Å². The average molecular weight is 140 g/mol. The number of hydrogen-bond acceptors (Lipinski definition) is 2. The first kappa shape index (κ1) is 8.95. The van der Waals surface area contributed by atoms with Crippen LogP contribution < -0.4 is 0 Å². The third-order valence-corrected chi connectivity index (χ3v) is 0.856. The van der Waals surface area contributed by atoms with E-state index in [0.717, 1.165) is 0 Å². The number of allylic oxidation sites excluding steroid dienone is 2. The molecule has 56 valence electrons. The molecule has 0 amide bonds. The van der Waals surface area contributed by atoms with Gasteiger partial charge in [0.2, 0.25) is 0 Å². The second-order valence-electron chi connectivity index (χ2n) is 1.73. The number of hydrogen-bond donors (Lipinski definition) is 0. The molecular formula is C8H12O2. The molecule has 0 aromatic rings. The van der Waals surface area contributed by atoms with Crippen LogP contribution in [0, 0.1) is 0 Å². The van der Waals surface area contributed by atoms with Gasteiger partial charge in [0, 0.05) is 0 Å². The monoisotopic (exact) mass is 140 g/mol. The van der Waals surface area contributed by atoms with Crippen LogP contribution in [0.4, 0.5) is 0 Å². The molecule has 0 aromatic heterocycles. The highest BCUT2D eigenvalue weighted by atomic mass is 16.5. The molecule has 0 bridgehead atoms. The van der Waals surface area contributed by atoms with Gasteiger partial charge in [-0.2, -0.15) is 0 Å². The number of rotatable bonds is 3. The Bertz CT molecular complexity index is 129. The minimum atomic E-state index is -0.226. The summed E-state index contributed by atoms with van der Waals surface area (Å²) in [4.78, 5) is 10.6. The van der Waals surface area contributed by atoms with Crippen molar-refractivity contribution < 1.29 is 9.53 Å². The molecule has 0 N–H and O–H groups in total. The van der Waals surface area contributed by atoms with Gasteiger partial charge in [0.25, 0.3) is 0 Å². The summed E-state index contributed by atoms with van der Waals surface area (Å²) in [5.74, 6) is -0.226. The standard InChI is InChI=1S/C8H12O2/c1-3-5-6-8(9)10-7-4-2/h3-5,7H,6H2,1-2H3. The highest BCUT2D eigenvalue weighted by Gasteiger charge is 1.93. The Morgan fingerprint density at radius 2 is 2.10 bits per heavy atom. The molecule has 0 saturated heterocycles. The fraction of sp³-hybridized carbons (Fsp3) is 0.375. The molecule has 0 aliphatic carbocycles. The van der Waals surface area contributed by atoms with Gasteiger partial charge < -0.3 is 4.74 Å². The minimum absolute atomic E-state index is 0.226. The van der Waals surface area contributed by atoms with Crippen LogP contribution in [0.3, 0.4) is 0 Å². The quantitative estimate of drug-likeness (QED) is 0.340. The predicted octanol–water partition coefficient (Wildman–Crippen LogP) is 2.03. The maximum atomic E-state index is 10.6. The van der Waals surface area contributed by atoms with E-state index in [9.17, 15) is 4.79 Å². The van der Waals surface area contributed by atoms with Crippen LogP contribution in [0.25, 0.3) is 0 Å². The van der Waals surface area contributed by atoms with Crippen molar-refractivity contribution in [1.82, 2.24) is 0 Å². The van der Waals surface area contributed by atoms with E-state index in [4.69, 9.17) is 0 Å². The zero-order valence-electron chi connectivity index (χ0n) is 6.33. The lowest BCUT2D eigenvalue weighted by Gasteiger charge is -1.91. The van der Waals surface area contributed by atoms with Gasteiger partial charge in [-0.1, -0.05) is 18.2 Å². The van der Waals surface area contributed by atoms with Crippen molar-refractivity contribution >= 4 is 5.97 Å². The zero-order chi connectivity index (χ0) is 7.82. The van der Waals surface area contributed by atoms with Crippen LogP contribution in [-0.4, -0.2) is 5.97 Å². The number of carbonyl (C=O) groups is 1. The second kappa shape index (κ2) is 6.08. The number of carbonyl (C=O) groups excluding carboxylic acids is 1. The molecule has 0 atom stereocenters. The molecule has 0 saturated carbocycles. The molecule has 0 rings (SSSR count). The van der Waals surface area contributed by atoms with E-state index in [1.165, 1.54) is 6.26 Å². The van der Waals surface area contributed by atoms with Crippen LogP contribution in [0.15, 0.2) is 24.5 Å². The summed E-state index contributed by atoms with van der Waals surface area (Å²) in [5.41, 5.74) is 0. The van der Waals surface area contributed by atoms with Crippen LogP contribution in [0.5, 0.6) is 0 Å². The van der Waals surface area contributed by atoms with Crippen molar-refractivity contribution in [3.05, 3.63) is 24.5 Å². The molecule has 10 heavy (non-hydrogen) atoms. The average Bonchev–Trinajstić information content (AvgIpc) is 1.97. The molecule has 2 heteroatoms. The molecule has 0 aromatic carbocycles. The molecule has 0 aliphatic heterocycles. The first-order valence-corrected chi connectivity index (χ1v) is 3.23. The molecule has 0 unspecified atom stereocenters. The summed E-state index contributed by atoms with van der Waals surface area (Å²) in [7, 11) is 0. The highest BCUT2D eigenvalue weighted by Crippen LogP contribution is 1.88. The van der Waals surface area contributed by atoms with Gasteiger partial charge in [-0.05, 0) is 13.8 Å². The maximum Gasteiger partial charge on any atom is 0.314 e. The lowest BCUT2D eigenvalue weighted by Crippen LogP contribution is -1.95. The Morgan fingerprint density at radius 1 is 1.40 bits per heavy atom. The molecular weight excluding hydrogens is 128 g/mol. The van der Waals surface area contributed by atoms with E-state index in [0.29, 0.717) is 6.42 Å². The maximum absolute atomic E-state index is 10.6.